The van der Waals surface area contributed by atoms with E-state index in [9.17, 15) is 4.79 Å². The maximum atomic E-state index is 12.3. The summed E-state index contributed by atoms with van der Waals surface area (Å²) in [6.45, 7) is 0.373. The van der Waals surface area contributed by atoms with Crippen molar-refractivity contribution < 1.29 is 4.79 Å². The molecule has 0 bridgehead atoms. The van der Waals surface area contributed by atoms with E-state index in [1.54, 1.807) is 24.4 Å². The summed E-state index contributed by atoms with van der Waals surface area (Å²) in [7, 11) is 0. The minimum atomic E-state index is -0.189. The van der Waals surface area contributed by atoms with Crippen molar-refractivity contribution in [2.45, 2.75) is 6.54 Å². The Morgan fingerprint density at radius 2 is 2.00 bits per heavy atom. The second-order valence-corrected chi connectivity index (χ2v) is 4.98. The monoisotopic (exact) mass is 292 g/mol. The van der Waals surface area contributed by atoms with Crippen LogP contribution < -0.4 is 16.8 Å². The molecule has 0 aliphatic heterocycles. The van der Waals surface area contributed by atoms with Crippen LogP contribution >= 0.6 is 0 Å². The molecule has 0 fully saturated rings. The summed E-state index contributed by atoms with van der Waals surface area (Å²) >= 11 is 0. The zero-order valence-electron chi connectivity index (χ0n) is 11.9. The van der Waals surface area contributed by atoms with Crippen molar-refractivity contribution in [2.75, 3.05) is 11.1 Å². The highest BCUT2D eigenvalue weighted by atomic mass is 16.1. The molecular formula is C17H16N4O. The van der Waals surface area contributed by atoms with Crippen molar-refractivity contribution >= 4 is 28.2 Å². The fraction of sp³-hybridized carbons (Fsp3) is 0.0588. The zero-order chi connectivity index (χ0) is 15.5. The number of anilines is 2. The summed E-state index contributed by atoms with van der Waals surface area (Å²) in [5, 5.41) is 3.76. The first-order valence-corrected chi connectivity index (χ1v) is 6.92. The van der Waals surface area contributed by atoms with Gasteiger partial charge in [0.25, 0.3) is 5.91 Å². The lowest BCUT2D eigenvalue weighted by Crippen LogP contribution is -2.12. The van der Waals surface area contributed by atoms with Crippen LogP contribution in [0.3, 0.4) is 0 Å². The number of benzene rings is 2. The number of pyridine rings is 1. The van der Waals surface area contributed by atoms with Gasteiger partial charge in [-0.15, -0.1) is 0 Å². The fourth-order valence-electron chi connectivity index (χ4n) is 2.28. The molecule has 1 heterocycles. The smallest absolute Gasteiger partial charge is 0.255 e. The predicted molar refractivity (Wildman–Crippen MR) is 88.4 cm³/mol. The molecule has 0 saturated heterocycles. The maximum absolute atomic E-state index is 12.3. The molecule has 3 rings (SSSR count). The molecule has 0 unspecified atom stereocenters. The average molecular weight is 292 g/mol. The van der Waals surface area contributed by atoms with Gasteiger partial charge < -0.3 is 16.8 Å². The first kappa shape index (κ1) is 14.0. The molecule has 1 aromatic heterocycles. The summed E-state index contributed by atoms with van der Waals surface area (Å²) in [6, 6.07) is 14.5. The second kappa shape index (κ2) is 5.83. The number of carbonyl (C=O) groups is 1. The van der Waals surface area contributed by atoms with E-state index < -0.39 is 0 Å². The van der Waals surface area contributed by atoms with Gasteiger partial charge in [0, 0.05) is 35.1 Å². The number of nitrogens with two attached hydrogens (primary N) is 2. The number of hydrogen-bond acceptors (Lipinski definition) is 4. The minimum Gasteiger partial charge on any atom is -0.398 e. The van der Waals surface area contributed by atoms with Crippen LogP contribution in [0.1, 0.15) is 15.9 Å². The highest BCUT2D eigenvalue weighted by Crippen LogP contribution is 2.19. The van der Waals surface area contributed by atoms with Crippen LogP contribution in [0, 0.1) is 0 Å². The van der Waals surface area contributed by atoms with Crippen LogP contribution in [0.4, 0.5) is 11.4 Å². The molecular weight excluding hydrogens is 276 g/mol. The molecule has 5 heteroatoms. The van der Waals surface area contributed by atoms with E-state index in [1.165, 1.54) is 0 Å². The van der Waals surface area contributed by atoms with E-state index in [-0.39, 0.29) is 5.91 Å². The Labute approximate surface area is 128 Å². The lowest BCUT2D eigenvalue weighted by molar-refractivity contribution is 0.102. The van der Waals surface area contributed by atoms with Crippen LogP contribution in [-0.4, -0.2) is 10.9 Å². The van der Waals surface area contributed by atoms with E-state index in [0.717, 1.165) is 16.5 Å². The predicted octanol–water partition coefficient (Wildman–Crippen LogP) is 2.53. The van der Waals surface area contributed by atoms with E-state index >= 15 is 0 Å². The largest absolute Gasteiger partial charge is 0.398 e. The first-order valence-electron chi connectivity index (χ1n) is 6.92. The minimum absolute atomic E-state index is 0.189. The average Bonchev–Trinajstić information content (AvgIpc) is 2.54. The normalized spacial score (nSPS) is 10.6. The lowest BCUT2D eigenvalue weighted by atomic mass is 10.1. The van der Waals surface area contributed by atoms with Gasteiger partial charge >= 0.3 is 0 Å². The van der Waals surface area contributed by atoms with Crippen molar-refractivity contribution in [3.05, 3.63) is 65.9 Å². The molecule has 0 atom stereocenters. The molecule has 0 saturated carbocycles. The molecule has 0 aliphatic carbocycles. The Morgan fingerprint density at radius 1 is 1.14 bits per heavy atom. The number of fused-ring (bicyclic) bond motifs is 1. The number of amides is 1. The SMILES string of the molecule is NCc1ccc(NC(=O)c2ccc3ncccc3c2)cc1N. The van der Waals surface area contributed by atoms with Gasteiger partial charge in [-0.2, -0.15) is 0 Å². The van der Waals surface area contributed by atoms with Gasteiger partial charge in [0.15, 0.2) is 0 Å². The Hall–Kier alpha value is -2.92. The Kier molecular flexibility index (Phi) is 3.72. The van der Waals surface area contributed by atoms with Gasteiger partial charge in [-0.3, -0.25) is 9.78 Å². The molecule has 22 heavy (non-hydrogen) atoms. The van der Waals surface area contributed by atoms with Crippen molar-refractivity contribution in [3.63, 3.8) is 0 Å². The summed E-state index contributed by atoms with van der Waals surface area (Å²) in [5.74, 6) is -0.189. The summed E-state index contributed by atoms with van der Waals surface area (Å²) in [4.78, 5) is 16.6. The summed E-state index contributed by atoms with van der Waals surface area (Å²) < 4.78 is 0. The van der Waals surface area contributed by atoms with Crippen LogP contribution in [0.15, 0.2) is 54.7 Å². The van der Waals surface area contributed by atoms with Crippen molar-refractivity contribution in [2.24, 2.45) is 5.73 Å². The Balaban J connectivity index is 1.85. The molecule has 1 amide bonds. The summed E-state index contributed by atoms with van der Waals surface area (Å²) in [5.41, 5.74) is 15.0. The highest BCUT2D eigenvalue weighted by molar-refractivity contribution is 6.06. The standard InChI is InChI=1S/C17H16N4O/c18-10-13-3-5-14(9-15(13)19)21-17(22)12-4-6-16-11(8-12)2-1-7-20-16/h1-9H,10,18-19H2,(H,21,22). The Bertz CT molecular complexity index is 845. The lowest BCUT2D eigenvalue weighted by Gasteiger charge is -2.09. The van der Waals surface area contributed by atoms with E-state index in [4.69, 9.17) is 11.5 Å². The number of nitrogens with zero attached hydrogens (tertiary/aromatic N) is 1. The zero-order valence-corrected chi connectivity index (χ0v) is 11.9. The third-order valence-corrected chi connectivity index (χ3v) is 3.49. The summed E-state index contributed by atoms with van der Waals surface area (Å²) in [6.07, 6.45) is 1.73. The molecule has 0 spiro atoms. The van der Waals surface area contributed by atoms with Gasteiger partial charge in [0.2, 0.25) is 0 Å². The second-order valence-electron chi connectivity index (χ2n) is 4.98. The number of aromatic nitrogens is 1. The first-order chi connectivity index (χ1) is 10.7. The van der Waals surface area contributed by atoms with E-state index in [2.05, 4.69) is 10.3 Å². The van der Waals surface area contributed by atoms with Crippen molar-refractivity contribution in [1.29, 1.82) is 0 Å². The highest BCUT2D eigenvalue weighted by Gasteiger charge is 2.08. The maximum Gasteiger partial charge on any atom is 0.255 e. The molecule has 2 aromatic carbocycles. The van der Waals surface area contributed by atoms with Crippen LogP contribution in [0.2, 0.25) is 0 Å². The molecule has 3 aromatic rings. The molecule has 0 radical (unpaired) electrons. The topological polar surface area (TPSA) is 94.0 Å². The third kappa shape index (κ3) is 2.75. The van der Waals surface area contributed by atoms with Gasteiger partial charge in [-0.1, -0.05) is 12.1 Å². The Morgan fingerprint density at radius 3 is 2.77 bits per heavy atom. The number of nitrogens with one attached hydrogen (secondary N) is 1. The molecule has 0 aliphatic rings. The van der Waals surface area contributed by atoms with Crippen LogP contribution in [0.5, 0.6) is 0 Å². The third-order valence-electron chi connectivity index (χ3n) is 3.49. The van der Waals surface area contributed by atoms with Gasteiger partial charge in [0.05, 0.1) is 5.52 Å². The molecule has 5 N–H and O–H groups in total. The van der Waals surface area contributed by atoms with E-state index in [1.807, 2.05) is 30.3 Å². The molecule has 5 nitrogen and oxygen atoms in total. The number of rotatable bonds is 3. The fourth-order valence-corrected chi connectivity index (χ4v) is 2.28. The number of hydrogen-bond donors (Lipinski definition) is 3. The van der Waals surface area contributed by atoms with Gasteiger partial charge in [-0.05, 0) is 42.0 Å². The van der Waals surface area contributed by atoms with Crippen molar-refractivity contribution in [1.82, 2.24) is 4.98 Å². The van der Waals surface area contributed by atoms with Crippen LogP contribution in [0.25, 0.3) is 10.9 Å². The van der Waals surface area contributed by atoms with Crippen LogP contribution in [-0.2, 0) is 6.54 Å². The number of nitrogen functional groups attached to an aromatic ring is 1. The number of carbonyl (C=O) groups excluding carboxylic acids is 1. The molecule has 110 valence electrons. The van der Waals surface area contributed by atoms with Gasteiger partial charge in [0.1, 0.15) is 0 Å². The quantitative estimate of drug-likeness (QED) is 0.646. The van der Waals surface area contributed by atoms with Gasteiger partial charge in [-0.25, -0.2) is 0 Å². The van der Waals surface area contributed by atoms with E-state index in [0.29, 0.717) is 23.5 Å². The van der Waals surface area contributed by atoms with Crippen molar-refractivity contribution in [3.8, 4) is 0 Å².